The van der Waals surface area contributed by atoms with Gasteiger partial charge in [0.25, 0.3) is 0 Å². The molecular formula is C18H16BrClF2N4O. The molecule has 9 heteroatoms. The Morgan fingerprint density at radius 1 is 1.22 bits per heavy atom. The zero-order valence-corrected chi connectivity index (χ0v) is 16.7. The summed E-state index contributed by atoms with van der Waals surface area (Å²) in [7, 11) is 0. The summed E-state index contributed by atoms with van der Waals surface area (Å²) in [6.45, 7) is 2.36. The van der Waals surface area contributed by atoms with Gasteiger partial charge in [-0.1, -0.05) is 0 Å². The Morgan fingerprint density at radius 2 is 1.96 bits per heavy atom. The molecule has 1 unspecified atom stereocenters. The van der Waals surface area contributed by atoms with Crippen molar-refractivity contribution in [2.24, 2.45) is 4.99 Å². The summed E-state index contributed by atoms with van der Waals surface area (Å²) < 4.78 is 32.9. The molecule has 2 heterocycles. The Bertz CT molecular complexity index is 876. The summed E-state index contributed by atoms with van der Waals surface area (Å²) >= 11 is 9.14. The Morgan fingerprint density at radius 3 is 2.63 bits per heavy atom. The number of benzene rings is 1. The number of ether oxygens (including phenoxy) is 1. The Kier molecular flexibility index (Phi) is 6.38. The molecule has 0 saturated heterocycles. The zero-order chi connectivity index (χ0) is 19.4. The summed E-state index contributed by atoms with van der Waals surface area (Å²) in [6.07, 6.45) is 4.95. The maximum absolute atomic E-state index is 13.7. The van der Waals surface area contributed by atoms with Crippen LogP contribution < -0.4 is 0 Å². The van der Waals surface area contributed by atoms with Crippen molar-refractivity contribution in [1.82, 2.24) is 14.9 Å². The predicted octanol–water partition coefficient (Wildman–Crippen LogP) is 4.51. The summed E-state index contributed by atoms with van der Waals surface area (Å²) in [5, 5.41) is 0. The number of aromatic nitrogens is 2. The molecule has 2 aromatic rings. The van der Waals surface area contributed by atoms with Crippen molar-refractivity contribution >= 4 is 33.4 Å². The average molecular weight is 458 g/mol. The molecule has 0 radical (unpaired) electrons. The molecule has 0 spiro atoms. The summed E-state index contributed by atoms with van der Waals surface area (Å²) in [4.78, 5) is 15.0. The van der Waals surface area contributed by atoms with Crippen molar-refractivity contribution in [2.45, 2.75) is 32.1 Å². The van der Waals surface area contributed by atoms with Gasteiger partial charge in [-0.05, 0) is 35.0 Å². The van der Waals surface area contributed by atoms with Crippen LogP contribution in [0.1, 0.15) is 23.9 Å². The van der Waals surface area contributed by atoms with Crippen molar-refractivity contribution in [3.63, 3.8) is 0 Å². The number of rotatable bonds is 5. The second kappa shape index (κ2) is 8.75. The van der Waals surface area contributed by atoms with Crippen LogP contribution in [0.2, 0.25) is 0 Å². The Balaban J connectivity index is 1.64. The molecule has 3 rings (SSSR count). The quantitative estimate of drug-likeness (QED) is 0.620. The van der Waals surface area contributed by atoms with Crippen molar-refractivity contribution in [1.29, 1.82) is 0 Å². The molecule has 1 aliphatic heterocycles. The summed E-state index contributed by atoms with van der Waals surface area (Å²) in [6, 6.07) is 3.37. The topological polar surface area (TPSA) is 50.6 Å². The SMILES string of the molecule is CC1N=C(OCc2ccc(F)cc2F)C(Br)=CN1Cc1cnc(CCl)cn1. The molecule has 1 atom stereocenters. The van der Waals surface area contributed by atoms with Crippen LogP contribution in [0.5, 0.6) is 0 Å². The van der Waals surface area contributed by atoms with Crippen molar-refractivity contribution in [2.75, 3.05) is 0 Å². The van der Waals surface area contributed by atoms with E-state index in [9.17, 15) is 8.78 Å². The van der Waals surface area contributed by atoms with Crippen LogP contribution in [0.15, 0.2) is 46.3 Å². The molecule has 0 amide bonds. The average Bonchev–Trinajstić information content (AvgIpc) is 2.65. The van der Waals surface area contributed by atoms with E-state index >= 15 is 0 Å². The molecular weight excluding hydrogens is 442 g/mol. The van der Waals surface area contributed by atoms with Gasteiger partial charge in [-0.3, -0.25) is 9.97 Å². The lowest BCUT2D eigenvalue weighted by atomic mass is 10.2. The second-order valence-electron chi connectivity index (χ2n) is 5.87. The normalized spacial score (nSPS) is 16.8. The first kappa shape index (κ1) is 19.7. The summed E-state index contributed by atoms with van der Waals surface area (Å²) in [5.74, 6) is -0.608. The Labute approximate surface area is 168 Å². The molecule has 1 aromatic heterocycles. The Hall–Kier alpha value is -2.06. The van der Waals surface area contributed by atoms with E-state index in [0.717, 1.165) is 11.8 Å². The molecule has 1 aliphatic rings. The number of hydrogen-bond acceptors (Lipinski definition) is 5. The lowest BCUT2D eigenvalue weighted by Crippen LogP contribution is -2.32. The number of nitrogens with zero attached hydrogens (tertiary/aromatic N) is 4. The largest absolute Gasteiger partial charge is 0.472 e. The molecule has 5 nitrogen and oxygen atoms in total. The van der Waals surface area contributed by atoms with E-state index in [1.54, 1.807) is 12.4 Å². The number of aliphatic imine (C=N–C) groups is 1. The lowest BCUT2D eigenvalue weighted by Gasteiger charge is -2.29. The van der Waals surface area contributed by atoms with Gasteiger partial charge >= 0.3 is 0 Å². The highest BCUT2D eigenvalue weighted by Gasteiger charge is 2.21. The fourth-order valence-corrected chi connectivity index (χ4v) is 3.02. The third-order valence-corrected chi connectivity index (χ3v) is 4.71. The van der Waals surface area contributed by atoms with Gasteiger partial charge in [0.2, 0.25) is 5.90 Å². The van der Waals surface area contributed by atoms with Crippen LogP contribution in [-0.4, -0.2) is 26.9 Å². The monoisotopic (exact) mass is 456 g/mol. The van der Waals surface area contributed by atoms with E-state index in [1.165, 1.54) is 12.1 Å². The van der Waals surface area contributed by atoms with Crippen molar-refractivity contribution < 1.29 is 13.5 Å². The number of halogens is 4. The molecule has 0 aliphatic carbocycles. The molecule has 142 valence electrons. The smallest absolute Gasteiger partial charge is 0.227 e. The molecule has 27 heavy (non-hydrogen) atoms. The van der Waals surface area contributed by atoms with Crippen LogP contribution in [0.4, 0.5) is 8.78 Å². The number of alkyl halides is 1. The standard InChI is InChI=1S/C18H16BrClF2N4O/c1-11-25-18(27-10-12-2-3-13(21)4-17(12)22)16(19)9-26(11)8-15-7-23-14(5-20)6-24-15/h2-4,6-7,9,11H,5,8,10H2,1H3. The van der Waals surface area contributed by atoms with Crippen LogP contribution in [0.3, 0.4) is 0 Å². The van der Waals surface area contributed by atoms with Crippen molar-refractivity contribution in [3.05, 3.63) is 69.9 Å². The second-order valence-corrected chi connectivity index (χ2v) is 6.99. The zero-order valence-electron chi connectivity index (χ0n) is 14.4. The molecule has 0 saturated carbocycles. The highest BCUT2D eigenvalue weighted by molar-refractivity contribution is 9.12. The van der Waals surface area contributed by atoms with E-state index in [1.807, 2.05) is 18.0 Å². The molecule has 0 N–H and O–H groups in total. The van der Waals surface area contributed by atoms with Gasteiger partial charge in [0.05, 0.1) is 34.5 Å². The third kappa shape index (κ3) is 5.01. The fourth-order valence-electron chi connectivity index (χ4n) is 2.40. The first-order valence-corrected chi connectivity index (χ1v) is 9.42. The highest BCUT2D eigenvalue weighted by Crippen LogP contribution is 2.22. The summed E-state index contributed by atoms with van der Waals surface area (Å²) in [5.41, 5.74) is 1.75. The van der Waals surface area contributed by atoms with Gasteiger partial charge in [-0.25, -0.2) is 13.8 Å². The maximum atomic E-state index is 13.7. The van der Waals surface area contributed by atoms with E-state index in [2.05, 4.69) is 30.9 Å². The minimum Gasteiger partial charge on any atom is -0.472 e. The van der Waals surface area contributed by atoms with Gasteiger partial charge in [-0.2, -0.15) is 0 Å². The minimum atomic E-state index is -0.653. The van der Waals surface area contributed by atoms with E-state index in [4.69, 9.17) is 16.3 Å². The van der Waals surface area contributed by atoms with Gasteiger partial charge < -0.3 is 9.64 Å². The lowest BCUT2D eigenvalue weighted by molar-refractivity contribution is 0.249. The number of hydrogen-bond donors (Lipinski definition) is 0. The highest BCUT2D eigenvalue weighted by atomic mass is 79.9. The van der Waals surface area contributed by atoms with Gasteiger partial charge in [0.1, 0.15) is 24.4 Å². The van der Waals surface area contributed by atoms with E-state index in [0.29, 0.717) is 28.5 Å². The van der Waals surface area contributed by atoms with Crippen LogP contribution in [0, 0.1) is 11.6 Å². The molecule has 0 fully saturated rings. The van der Waals surface area contributed by atoms with Gasteiger partial charge in [0, 0.05) is 24.0 Å². The van der Waals surface area contributed by atoms with Gasteiger partial charge in [0.15, 0.2) is 0 Å². The van der Waals surface area contributed by atoms with Crippen LogP contribution in [0.25, 0.3) is 0 Å². The van der Waals surface area contributed by atoms with E-state index < -0.39 is 11.6 Å². The molecule has 0 bridgehead atoms. The van der Waals surface area contributed by atoms with E-state index in [-0.39, 0.29) is 18.3 Å². The van der Waals surface area contributed by atoms with Crippen LogP contribution >= 0.6 is 27.5 Å². The first-order chi connectivity index (χ1) is 13.0. The maximum Gasteiger partial charge on any atom is 0.227 e. The van der Waals surface area contributed by atoms with Crippen LogP contribution in [-0.2, 0) is 23.8 Å². The van der Waals surface area contributed by atoms with Crippen molar-refractivity contribution in [3.8, 4) is 0 Å². The third-order valence-electron chi connectivity index (χ3n) is 3.89. The predicted molar refractivity (Wildman–Crippen MR) is 102 cm³/mol. The molecule has 1 aromatic carbocycles. The van der Waals surface area contributed by atoms with Gasteiger partial charge in [-0.15, -0.1) is 11.6 Å². The first-order valence-electron chi connectivity index (χ1n) is 8.10. The fraction of sp³-hybridized carbons (Fsp3) is 0.278. The minimum absolute atomic E-state index is 0.0496.